The maximum Gasteiger partial charge on any atom is 0.339 e. The van der Waals surface area contributed by atoms with Crippen LogP contribution >= 0.6 is 0 Å². The normalized spacial score (nSPS) is 13.1. The summed E-state index contributed by atoms with van der Waals surface area (Å²) in [5.74, 6) is -0.302. The quantitative estimate of drug-likeness (QED) is 0.795. The molecule has 0 spiro atoms. The molecular weight excluding hydrogens is 264 g/mol. The van der Waals surface area contributed by atoms with Crippen LogP contribution in [-0.2, 0) is 9.47 Å². The van der Waals surface area contributed by atoms with E-state index in [9.17, 15) is 4.79 Å². The fourth-order valence-electron chi connectivity index (χ4n) is 2.21. The first-order valence-electron chi connectivity index (χ1n) is 7.11. The van der Waals surface area contributed by atoms with Crippen molar-refractivity contribution in [1.29, 1.82) is 0 Å². The molecule has 0 aliphatic rings. The second-order valence-corrected chi connectivity index (χ2v) is 6.24. The molecule has 0 fully saturated rings. The Morgan fingerprint density at radius 2 is 1.76 bits per heavy atom. The number of carbonyl (C=O) groups excluding carboxylic acids is 1. The van der Waals surface area contributed by atoms with Gasteiger partial charge in [-0.25, -0.2) is 4.79 Å². The van der Waals surface area contributed by atoms with Gasteiger partial charge in [-0.1, -0.05) is 57.2 Å². The summed E-state index contributed by atoms with van der Waals surface area (Å²) < 4.78 is 10.9. The molecule has 3 nitrogen and oxygen atoms in total. The summed E-state index contributed by atoms with van der Waals surface area (Å²) in [5.41, 5.74) is 0.425. The van der Waals surface area contributed by atoms with Crippen molar-refractivity contribution in [2.75, 3.05) is 13.7 Å². The van der Waals surface area contributed by atoms with E-state index in [1.165, 1.54) is 0 Å². The number of fused-ring (bicyclic) bond motifs is 1. The van der Waals surface area contributed by atoms with Crippen molar-refractivity contribution in [3.63, 3.8) is 0 Å². The molecule has 0 aliphatic heterocycles. The predicted octanol–water partition coefficient (Wildman–Crippen LogP) is 4.06. The van der Waals surface area contributed by atoms with E-state index in [0.29, 0.717) is 12.2 Å². The van der Waals surface area contributed by atoms with Gasteiger partial charge in [-0.2, -0.15) is 0 Å². The molecule has 112 valence electrons. The minimum absolute atomic E-state index is 0.170. The van der Waals surface area contributed by atoms with Crippen LogP contribution < -0.4 is 0 Å². The number of methoxy groups -OCH3 is 1. The van der Waals surface area contributed by atoms with Crippen LogP contribution in [-0.4, -0.2) is 25.8 Å². The summed E-state index contributed by atoms with van der Waals surface area (Å²) in [6.45, 7) is 6.49. The first-order valence-corrected chi connectivity index (χ1v) is 7.11. The Morgan fingerprint density at radius 1 is 1.10 bits per heavy atom. The smallest absolute Gasteiger partial charge is 0.339 e. The Hall–Kier alpha value is -1.87. The summed E-state index contributed by atoms with van der Waals surface area (Å²) >= 11 is 0. The zero-order valence-electron chi connectivity index (χ0n) is 13.1. The minimum atomic E-state index is -0.302. The van der Waals surface area contributed by atoms with E-state index in [0.717, 1.165) is 10.8 Å². The molecular formula is C18H22O3. The summed E-state index contributed by atoms with van der Waals surface area (Å²) in [5, 5.41) is 1.95. The first-order chi connectivity index (χ1) is 9.93. The second-order valence-electron chi connectivity index (χ2n) is 6.24. The van der Waals surface area contributed by atoms with Crippen molar-refractivity contribution in [2.24, 2.45) is 5.41 Å². The van der Waals surface area contributed by atoms with Gasteiger partial charge in [0.25, 0.3) is 0 Å². The number of hydrogen-bond donors (Lipinski definition) is 0. The molecule has 0 aliphatic carbocycles. The predicted molar refractivity (Wildman–Crippen MR) is 84.5 cm³/mol. The SMILES string of the molecule is COCC(OC(=O)c1cccc2ccccc12)C(C)(C)C. The van der Waals surface area contributed by atoms with Crippen molar-refractivity contribution in [2.45, 2.75) is 26.9 Å². The third-order valence-corrected chi connectivity index (χ3v) is 3.54. The van der Waals surface area contributed by atoms with Crippen LogP contribution in [0.3, 0.4) is 0 Å². The van der Waals surface area contributed by atoms with E-state index in [4.69, 9.17) is 9.47 Å². The number of rotatable bonds is 4. The van der Waals surface area contributed by atoms with Crippen LogP contribution in [0.1, 0.15) is 31.1 Å². The summed E-state index contributed by atoms with van der Waals surface area (Å²) in [7, 11) is 1.62. The molecule has 1 atom stereocenters. The Balaban J connectivity index is 2.30. The summed E-state index contributed by atoms with van der Waals surface area (Å²) in [6.07, 6.45) is -0.283. The van der Waals surface area contributed by atoms with E-state index in [2.05, 4.69) is 0 Å². The Labute approximate surface area is 125 Å². The molecule has 21 heavy (non-hydrogen) atoms. The standard InChI is InChI=1S/C18H22O3/c1-18(2,3)16(12-20-4)21-17(19)15-11-7-9-13-8-5-6-10-14(13)15/h5-11,16H,12H2,1-4H3. The topological polar surface area (TPSA) is 35.5 Å². The number of benzene rings is 2. The maximum absolute atomic E-state index is 12.5. The first kappa shape index (κ1) is 15.5. The van der Waals surface area contributed by atoms with Gasteiger partial charge < -0.3 is 9.47 Å². The molecule has 0 radical (unpaired) electrons. The van der Waals surface area contributed by atoms with Crippen LogP contribution in [0.15, 0.2) is 42.5 Å². The number of ether oxygens (including phenoxy) is 2. The molecule has 0 N–H and O–H groups in total. The van der Waals surface area contributed by atoms with Gasteiger partial charge in [-0.15, -0.1) is 0 Å². The van der Waals surface area contributed by atoms with E-state index >= 15 is 0 Å². The fraction of sp³-hybridized carbons (Fsp3) is 0.389. The Bertz CT molecular complexity index is 620. The van der Waals surface area contributed by atoms with Crippen molar-refractivity contribution in [1.82, 2.24) is 0 Å². The fourth-order valence-corrected chi connectivity index (χ4v) is 2.21. The van der Waals surface area contributed by atoms with Gasteiger partial charge in [0.2, 0.25) is 0 Å². The van der Waals surface area contributed by atoms with Crippen LogP contribution in [0.25, 0.3) is 10.8 Å². The van der Waals surface area contributed by atoms with Crippen LogP contribution in [0.2, 0.25) is 0 Å². The molecule has 2 aromatic carbocycles. The zero-order chi connectivity index (χ0) is 15.5. The van der Waals surface area contributed by atoms with Gasteiger partial charge >= 0.3 is 5.97 Å². The molecule has 0 heterocycles. The van der Waals surface area contributed by atoms with E-state index in [-0.39, 0.29) is 17.5 Å². The van der Waals surface area contributed by atoms with Gasteiger partial charge in [0.05, 0.1) is 12.2 Å². The lowest BCUT2D eigenvalue weighted by Gasteiger charge is -2.29. The average molecular weight is 286 g/mol. The molecule has 2 aromatic rings. The lowest BCUT2D eigenvalue weighted by atomic mass is 9.89. The molecule has 2 rings (SSSR count). The molecule has 3 heteroatoms. The third-order valence-electron chi connectivity index (χ3n) is 3.54. The number of esters is 1. The highest BCUT2D eigenvalue weighted by Gasteiger charge is 2.29. The van der Waals surface area contributed by atoms with Crippen molar-refractivity contribution >= 4 is 16.7 Å². The minimum Gasteiger partial charge on any atom is -0.456 e. The maximum atomic E-state index is 12.5. The number of carbonyl (C=O) groups is 1. The molecule has 0 saturated heterocycles. The average Bonchev–Trinajstić information content (AvgIpc) is 2.45. The molecule has 0 amide bonds. The Kier molecular flexibility index (Phi) is 4.63. The lowest BCUT2D eigenvalue weighted by Crippen LogP contribution is -2.35. The van der Waals surface area contributed by atoms with Gasteiger partial charge in [0, 0.05) is 12.5 Å². The van der Waals surface area contributed by atoms with Crippen molar-refractivity contribution in [3.8, 4) is 0 Å². The molecule has 0 saturated carbocycles. The lowest BCUT2D eigenvalue weighted by molar-refractivity contribution is -0.0350. The van der Waals surface area contributed by atoms with Crippen LogP contribution in [0.4, 0.5) is 0 Å². The molecule has 1 unspecified atom stereocenters. The van der Waals surface area contributed by atoms with E-state index in [1.807, 2.05) is 57.2 Å². The monoisotopic (exact) mass is 286 g/mol. The molecule has 0 aromatic heterocycles. The number of hydrogen-bond acceptors (Lipinski definition) is 3. The van der Waals surface area contributed by atoms with E-state index in [1.54, 1.807) is 13.2 Å². The zero-order valence-corrected chi connectivity index (χ0v) is 13.1. The largest absolute Gasteiger partial charge is 0.456 e. The Morgan fingerprint density at radius 3 is 2.43 bits per heavy atom. The van der Waals surface area contributed by atoms with Gasteiger partial charge in [-0.05, 0) is 16.8 Å². The van der Waals surface area contributed by atoms with Gasteiger partial charge in [0.15, 0.2) is 0 Å². The highest BCUT2D eigenvalue weighted by atomic mass is 16.6. The highest BCUT2D eigenvalue weighted by Crippen LogP contribution is 2.25. The van der Waals surface area contributed by atoms with Crippen molar-refractivity contribution < 1.29 is 14.3 Å². The van der Waals surface area contributed by atoms with Crippen LogP contribution in [0.5, 0.6) is 0 Å². The van der Waals surface area contributed by atoms with E-state index < -0.39 is 0 Å². The highest BCUT2D eigenvalue weighted by molar-refractivity contribution is 6.04. The van der Waals surface area contributed by atoms with Gasteiger partial charge in [0.1, 0.15) is 6.10 Å². The summed E-state index contributed by atoms with van der Waals surface area (Å²) in [6, 6.07) is 13.5. The van der Waals surface area contributed by atoms with Crippen LogP contribution in [0, 0.1) is 5.41 Å². The second kappa shape index (κ2) is 6.27. The molecule has 0 bridgehead atoms. The van der Waals surface area contributed by atoms with Crippen molar-refractivity contribution in [3.05, 3.63) is 48.0 Å². The summed E-state index contributed by atoms with van der Waals surface area (Å²) in [4.78, 5) is 12.5. The third kappa shape index (κ3) is 3.61. The van der Waals surface area contributed by atoms with Gasteiger partial charge in [-0.3, -0.25) is 0 Å².